The number of nitrogens with two attached hydrogens (primary N) is 1. The summed E-state index contributed by atoms with van der Waals surface area (Å²) in [5.74, 6) is 5.65. The van der Waals surface area contributed by atoms with Crippen LogP contribution in [0.5, 0.6) is 0 Å². The molecule has 1 aliphatic rings. The van der Waals surface area contributed by atoms with Crippen LogP contribution in [0.3, 0.4) is 0 Å². The van der Waals surface area contributed by atoms with Crippen molar-refractivity contribution < 1.29 is 4.79 Å². The van der Waals surface area contributed by atoms with Gasteiger partial charge in [-0.3, -0.25) is 4.79 Å². The molecule has 3 atom stereocenters. The van der Waals surface area contributed by atoms with Gasteiger partial charge in [0, 0.05) is 0 Å². The molecule has 0 aromatic heterocycles. The van der Waals surface area contributed by atoms with E-state index in [0.29, 0.717) is 6.42 Å². The van der Waals surface area contributed by atoms with Crippen molar-refractivity contribution in [3.05, 3.63) is 0 Å². The molecule has 0 spiro atoms. The highest BCUT2D eigenvalue weighted by atomic mass is 16.2. The van der Waals surface area contributed by atoms with Crippen LogP contribution in [0.25, 0.3) is 0 Å². The van der Waals surface area contributed by atoms with E-state index in [1.807, 2.05) is 20.8 Å². The van der Waals surface area contributed by atoms with E-state index >= 15 is 0 Å². The number of nitrogens with zero attached hydrogens (tertiary/aromatic N) is 2. The summed E-state index contributed by atoms with van der Waals surface area (Å²) in [5.41, 5.74) is 5.68. The molecule has 1 amide bonds. The quantitative estimate of drug-likeness (QED) is 0.709. The Bertz CT molecular complexity index is 419. The van der Waals surface area contributed by atoms with Gasteiger partial charge in [0.2, 0.25) is 5.91 Å². The minimum absolute atomic E-state index is 0.166. The first kappa shape index (κ1) is 14.5. The zero-order chi connectivity index (χ0) is 13.9. The maximum absolute atomic E-state index is 12.4. The fraction of sp³-hybridized carbons (Fsp3) is 0.714. The molecule has 0 aliphatic carbocycles. The minimum Gasteiger partial charge on any atom is -0.319 e. The van der Waals surface area contributed by atoms with Crippen molar-refractivity contribution in [1.29, 1.82) is 5.26 Å². The molecule has 18 heavy (non-hydrogen) atoms. The second-order valence-corrected chi connectivity index (χ2v) is 5.72. The molecule has 0 saturated carbocycles. The topological polar surface area (TPSA) is 70.1 Å². The molecule has 4 nitrogen and oxygen atoms in total. The molecule has 1 saturated heterocycles. The highest BCUT2D eigenvalue weighted by Crippen LogP contribution is 2.27. The van der Waals surface area contributed by atoms with E-state index in [2.05, 4.69) is 17.9 Å². The van der Waals surface area contributed by atoms with E-state index in [1.165, 1.54) is 0 Å². The third kappa shape index (κ3) is 2.83. The Balaban J connectivity index is 2.98. The van der Waals surface area contributed by atoms with Crippen LogP contribution in [-0.2, 0) is 4.79 Å². The lowest BCUT2D eigenvalue weighted by molar-refractivity contribution is -0.136. The monoisotopic (exact) mass is 247 g/mol. The number of carbonyl (C=O) groups excluding carboxylic acids is 1. The average Bonchev–Trinajstić information content (AvgIpc) is 2.69. The fourth-order valence-corrected chi connectivity index (χ4v) is 2.08. The summed E-state index contributed by atoms with van der Waals surface area (Å²) < 4.78 is 0. The third-order valence-corrected chi connectivity index (χ3v) is 3.30. The van der Waals surface area contributed by atoms with Gasteiger partial charge in [-0.15, -0.1) is 5.92 Å². The van der Waals surface area contributed by atoms with Crippen LogP contribution in [0.1, 0.15) is 40.5 Å². The summed E-state index contributed by atoms with van der Waals surface area (Å²) in [4.78, 5) is 14.0. The Morgan fingerprint density at radius 1 is 1.39 bits per heavy atom. The van der Waals surface area contributed by atoms with E-state index in [1.54, 1.807) is 11.8 Å². The van der Waals surface area contributed by atoms with E-state index < -0.39 is 12.1 Å². The largest absolute Gasteiger partial charge is 0.319 e. The van der Waals surface area contributed by atoms with Crippen LogP contribution in [0.15, 0.2) is 0 Å². The molecule has 1 fully saturated rings. The summed E-state index contributed by atoms with van der Waals surface area (Å²) in [5, 5.41) is 9.12. The maximum Gasteiger partial charge on any atom is 0.242 e. The van der Waals surface area contributed by atoms with Crippen molar-refractivity contribution in [3.63, 3.8) is 0 Å². The van der Waals surface area contributed by atoms with E-state index in [-0.39, 0.29) is 17.4 Å². The highest BCUT2D eigenvalue weighted by molar-refractivity contribution is 5.84. The van der Waals surface area contributed by atoms with Crippen LogP contribution >= 0.6 is 0 Å². The molecule has 1 aliphatic heterocycles. The van der Waals surface area contributed by atoms with Crippen molar-refractivity contribution in [2.75, 3.05) is 0 Å². The van der Waals surface area contributed by atoms with Crippen molar-refractivity contribution in [2.24, 2.45) is 11.1 Å². The number of hydrogen-bond acceptors (Lipinski definition) is 3. The smallest absolute Gasteiger partial charge is 0.242 e. The van der Waals surface area contributed by atoms with Gasteiger partial charge in [0.05, 0.1) is 18.2 Å². The first-order chi connectivity index (χ1) is 8.32. The van der Waals surface area contributed by atoms with Crippen LogP contribution < -0.4 is 5.73 Å². The Kier molecular flexibility index (Phi) is 4.38. The number of amides is 1. The van der Waals surface area contributed by atoms with Crippen molar-refractivity contribution >= 4 is 5.91 Å². The summed E-state index contributed by atoms with van der Waals surface area (Å²) >= 11 is 0. The Morgan fingerprint density at radius 3 is 2.39 bits per heavy atom. The van der Waals surface area contributed by atoms with Gasteiger partial charge < -0.3 is 10.6 Å². The Labute approximate surface area is 109 Å². The molecular formula is C14H21N3O. The maximum atomic E-state index is 12.4. The molecular weight excluding hydrogens is 226 g/mol. The molecule has 4 heteroatoms. The van der Waals surface area contributed by atoms with Crippen molar-refractivity contribution in [1.82, 2.24) is 4.90 Å². The first-order valence-corrected chi connectivity index (χ1v) is 6.22. The number of carbonyl (C=O) groups is 1. The molecule has 0 radical (unpaired) electrons. The lowest BCUT2D eigenvalue weighted by atomic mass is 9.86. The summed E-state index contributed by atoms with van der Waals surface area (Å²) in [6.07, 6.45) is 1.43. The van der Waals surface area contributed by atoms with Gasteiger partial charge in [0.1, 0.15) is 6.04 Å². The van der Waals surface area contributed by atoms with Crippen LogP contribution in [0.2, 0.25) is 0 Å². The molecule has 2 N–H and O–H groups in total. The van der Waals surface area contributed by atoms with Crippen LogP contribution in [-0.4, -0.2) is 28.9 Å². The Morgan fingerprint density at radius 2 is 1.94 bits per heavy atom. The van der Waals surface area contributed by atoms with E-state index in [0.717, 1.165) is 6.42 Å². The standard InChI is InChI=1S/C14H21N3O/c1-5-6-10-7-8-11(9-15)17(10)13(18)12(16)14(2,3)4/h10-12H,7-8,16H2,1-4H3/t10-,11-,12+/m0/s1. The number of likely N-dealkylation sites (tertiary alicyclic amines) is 1. The van der Waals surface area contributed by atoms with Crippen LogP contribution in [0, 0.1) is 28.6 Å². The second kappa shape index (κ2) is 5.42. The van der Waals surface area contributed by atoms with Gasteiger partial charge >= 0.3 is 0 Å². The van der Waals surface area contributed by atoms with Crippen molar-refractivity contribution in [3.8, 4) is 17.9 Å². The first-order valence-electron chi connectivity index (χ1n) is 6.22. The normalized spacial score (nSPS) is 25.0. The predicted molar refractivity (Wildman–Crippen MR) is 70.1 cm³/mol. The summed E-state index contributed by atoms with van der Waals surface area (Å²) in [7, 11) is 0. The van der Waals surface area contributed by atoms with Gasteiger partial charge in [0.15, 0.2) is 0 Å². The van der Waals surface area contributed by atoms with Crippen LogP contribution in [0.4, 0.5) is 0 Å². The molecule has 0 aromatic carbocycles. The molecule has 0 unspecified atom stereocenters. The Hall–Kier alpha value is -1.52. The van der Waals surface area contributed by atoms with Crippen molar-refractivity contribution in [2.45, 2.75) is 58.7 Å². The summed E-state index contributed by atoms with van der Waals surface area (Å²) in [6.45, 7) is 7.51. The third-order valence-electron chi connectivity index (χ3n) is 3.30. The van der Waals surface area contributed by atoms with Gasteiger partial charge in [-0.1, -0.05) is 26.7 Å². The minimum atomic E-state index is -0.604. The zero-order valence-electron chi connectivity index (χ0n) is 11.5. The SMILES string of the molecule is CC#C[C@H]1CC[C@@H](C#N)N1C(=O)[C@@H](N)C(C)(C)C. The number of nitriles is 1. The van der Waals surface area contributed by atoms with E-state index in [9.17, 15) is 4.79 Å². The molecule has 0 aromatic rings. The zero-order valence-corrected chi connectivity index (χ0v) is 11.5. The van der Waals surface area contributed by atoms with Gasteiger partial charge in [-0.25, -0.2) is 0 Å². The molecule has 98 valence electrons. The lowest BCUT2D eigenvalue weighted by Gasteiger charge is -2.33. The average molecular weight is 247 g/mol. The van der Waals surface area contributed by atoms with E-state index in [4.69, 9.17) is 11.0 Å². The van der Waals surface area contributed by atoms with Gasteiger partial charge in [0.25, 0.3) is 0 Å². The van der Waals surface area contributed by atoms with Gasteiger partial charge in [-0.05, 0) is 25.2 Å². The lowest BCUT2D eigenvalue weighted by Crippen LogP contribution is -2.53. The molecule has 1 heterocycles. The number of rotatable bonds is 1. The second-order valence-electron chi connectivity index (χ2n) is 5.72. The predicted octanol–water partition coefficient (Wildman–Crippen LogP) is 1.27. The molecule has 1 rings (SSSR count). The number of hydrogen-bond donors (Lipinski definition) is 1. The fourth-order valence-electron chi connectivity index (χ4n) is 2.08. The highest BCUT2D eigenvalue weighted by Gasteiger charge is 2.41. The van der Waals surface area contributed by atoms with Gasteiger partial charge in [-0.2, -0.15) is 5.26 Å². The molecule has 0 bridgehead atoms. The summed E-state index contributed by atoms with van der Waals surface area (Å²) in [6, 6.07) is 1.01.